The zero-order valence-electron chi connectivity index (χ0n) is 25.7. The van der Waals surface area contributed by atoms with Crippen LogP contribution < -0.4 is 19.1 Å². The van der Waals surface area contributed by atoms with Crippen LogP contribution in [0.25, 0.3) is 11.3 Å². The molecule has 1 heterocycles. The topological polar surface area (TPSA) is 73.8 Å². The molecule has 0 unspecified atom stereocenters. The van der Waals surface area contributed by atoms with Crippen LogP contribution in [-0.4, -0.2) is 29.5 Å². The quantitative estimate of drug-likeness (QED) is 0.0987. The third-order valence-electron chi connectivity index (χ3n) is 7.28. The molecule has 0 saturated heterocycles. The van der Waals surface area contributed by atoms with Crippen LogP contribution >= 0.6 is 23.2 Å². The highest BCUT2D eigenvalue weighted by molar-refractivity contribution is 6.32. The molecule has 234 valence electrons. The largest absolute Gasteiger partial charge is 0.493 e. The summed E-state index contributed by atoms with van der Waals surface area (Å²) in [5, 5.41) is 0.411. The number of carbonyl (C=O) groups is 1. The number of ether oxygens (including phenoxy) is 3. The van der Waals surface area contributed by atoms with Crippen LogP contribution in [0.1, 0.15) is 35.3 Å². The van der Waals surface area contributed by atoms with Gasteiger partial charge in [-0.25, -0.2) is 9.97 Å². The van der Waals surface area contributed by atoms with E-state index in [9.17, 15) is 4.79 Å². The fourth-order valence-corrected chi connectivity index (χ4v) is 5.03. The maximum absolute atomic E-state index is 14.4. The molecule has 1 aromatic heterocycles. The van der Waals surface area contributed by atoms with E-state index in [1.165, 1.54) is 6.20 Å². The van der Waals surface area contributed by atoms with Crippen molar-refractivity contribution in [3.8, 4) is 28.5 Å². The molecule has 5 aromatic rings. The summed E-state index contributed by atoms with van der Waals surface area (Å²) in [7, 11) is 1.55. The van der Waals surface area contributed by atoms with Crippen molar-refractivity contribution in [3.63, 3.8) is 0 Å². The number of carbonyl (C=O) groups excluding carboxylic acids is 1. The average molecular weight is 655 g/mol. The normalized spacial score (nSPS) is 11.2. The van der Waals surface area contributed by atoms with Gasteiger partial charge in [-0.2, -0.15) is 0 Å². The first-order valence-electron chi connectivity index (χ1n) is 14.6. The summed E-state index contributed by atoms with van der Waals surface area (Å²) in [4.78, 5) is 24.5. The number of amides is 1. The Morgan fingerprint density at radius 3 is 2.02 bits per heavy atom. The zero-order valence-corrected chi connectivity index (χ0v) is 27.3. The molecule has 5 rings (SSSR count). The van der Waals surface area contributed by atoms with Crippen molar-refractivity contribution in [2.24, 2.45) is 0 Å². The van der Waals surface area contributed by atoms with E-state index in [2.05, 4.69) is 9.97 Å². The molecular weight excluding hydrogens is 621 g/mol. The SMILES string of the molecule is CC=C(C)CN(C(=O)c1cc(Cl)c(OCc2ccccc2)cc1OCc1ccccc1)c1ccc(-c2nc(Cl)ncc2OC)cc1. The Kier molecular flexibility index (Phi) is 10.9. The Bertz CT molecular complexity index is 1810. The smallest absolute Gasteiger partial charge is 0.262 e. The highest BCUT2D eigenvalue weighted by Gasteiger charge is 2.25. The molecule has 7 nitrogen and oxygen atoms in total. The van der Waals surface area contributed by atoms with E-state index in [1.807, 2.05) is 105 Å². The fraction of sp³-hybridized carbons (Fsp3) is 0.162. The Balaban J connectivity index is 1.51. The van der Waals surface area contributed by atoms with E-state index >= 15 is 0 Å². The van der Waals surface area contributed by atoms with E-state index in [4.69, 9.17) is 37.4 Å². The third kappa shape index (κ3) is 8.05. The first-order valence-corrected chi connectivity index (χ1v) is 15.4. The zero-order chi connectivity index (χ0) is 32.5. The van der Waals surface area contributed by atoms with Crippen LogP contribution in [-0.2, 0) is 13.2 Å². The molecule has 46 heavy (non-hydrogen) atoms. The Morgan fingerprint density at radius 2 is 1.43 bits per heavy atom. The molecule has 0 spiro atoms. The van der Waals surface area contributed by atoms with Crippen LogP contribution in [0.4, 0.5) is 5.69 Å². The maximum atomic E-state index is 14.4. The van der Waals surface area contributed by atoms with Crippen LogP contribution in [0.15, 0.2) is 115 Å². The Hall–Kier alpha value is -4.85. The number of rotatable bonds is 12. The summed E-state index contributed by atoms with van der Waals surface area (Å²) in [5.41, 5.74) is 5.24. The minimum Gasteiger partial charge on any atom is -0.493 e. The lowest BCUT2D eigenvalue weighted by atomic mass is 10.1. The molecule has 0 aliphatic heterocycles. The van der Waals surface area contributed by atoms with Gasteiger partial charge in [0.05, 0.1) is 23.9 Å². The Morgan fingerprint density at radius 1 is 0.826 bits per heavy atom. The van der Waals surface area contributed by atoms with Gasteiger partial charge in [0.2, 0.25) is 5.28 Å². The lowest BCUT2D eigenvalue weighted by molar-refractivity contribution is 0.0984. The van der Waals surface area contributed by atoms with Gasteiger partial charge in [0.1, 0.15) is 30.4 Å². The number of methoxy groups -OCH3 is 1. The van der Waals surface area contributed by atoms with Crippen molar-refractivity contribution < 1.29 is 19.0 Å². The van der Waals surface area contributed by atoms with E-state index < -0.39 is 0 Å². The number of benzene rings is 4. The van der Waals surface area contributed by atoms with Gasteiger partial charge in [-0.15, -0.1) is 0 Å². The van der Waals surface area contributed by atoms with Crippen LogP contribution in [0, 0.1) is 0 Å². The van der Waals surface area contributed by atoms with Gasteiger partial charge >= 0.3 is 0 Å². The van der Waals surface area contributed by atoms with Crippen molar-refractivity contribution >= 4 is 34.8 Å². The lowest BCUT2D eigenvalue weighted by Gasteiger charge is -2.25. The van der Waals surface area contributed by atoms with Crippen molar-refractivity contribution in [3.05, 3.63) is 142 Å². The first kappa shape index (κ1) is 32.5. The van der Waals surface area contributed by atoms with E-state index in [-0.39, 0.29) is 17.8 Å². The average Bonchev–Trinajstić information content (AvgIpc) is 3.10. The predicted molar refractivity (Wildman–Crippen MR) is 183 cm³/mol. The maximum Gasteiger partial charge on any atom is 0.262 e. The van der Waals surface area contributed by atoms with Crippen molar-refractivity contribution in [1.82, 2.24) is 9.97 Å². The summed E-state index contributed by atoms with van der Waals surface area (Å²) in [6.07, 6.45) is 3.50. The molecule has 1 amide bonds. The van der Waals surface area contributed by atoms with Crippen LogP contribution in [0.5, 0.6) is 17.2 Å². The molecule has 0 aliphatic carbocycles. The Labute approximate surface area is 279 Å². The summed E-state index contributed by atoms with van der Waals surface area (Å²) in [6, 6.07) is 30.3. The van der Waals surface area contributed by atoms with Gasteiger partial charge in [0.15, 0.2) is 5.75 Å². The van der Waals surface area contributed by atoms with Gasteiger partial charge in [-0.3, -0.25) is 4.79 Å². The lowest BCUT2D eigenvalue weighted by Crippen LogP contribution is -2.33. The third-order valence-corrected chi connectivity index (χ3v) is 7.76. The second kappa shape index (κ2) is 15.4. The predicted octanol–water partition coefficient (Wildman–Crippen LogP) is 9.23. The molecule has 4 aromatic carbocycles. The highest BCUT2D eigenvalue weighted by Crippen LogP contribution is 2.36. The number of halogens is 2. The van der Waals surface area contributed by atoms with Crippen molar-refractivity contribution in [1.29, 1.82) is 0 Å². The summed E-state index contributed by atoms with van der Waals surface area (Å²) in [5.74, 6) is 0.986. The van der Waals surface area contributed by atoms with Gasteiger partial charge in [0.25, 0.3) is 5.91 Å². The molecule has 0 saturated carbocycles. The monoisotopic (exact) mass is 653 g/mol. The molecule has 9 heteroatoms. The highest BCUT2D eigenvalue weighted by atomic mass is 35.5. The van der Waals surface area contributed by atoms with Gasteiger partial charge in [0, 0.05) is 23.9 Å². The molecule has 0 aliphatic rings. The minimum absolute atomic E-state index is 0.108. The molecule has 0 atom stereocenters. The second-order valence-corrected chi connectivity index (χ2v) is 11.2. The van der Waals surface area contributed by atoms with Crippen LogP contribution in [0.3, 0.4) is 0 Å². The number of hydrogen-bond donors (Lipinski definition) is 0. The van der Waals surface area contributed by atoms with Gasteiger partial charge in [-0.1, -0.05) is 96.0 Å². The van der Waals surface area contributed by atoms with Gasteiger partial charge < -0.3 is 19.1 Å². The molecule has 0 radical (unpaired) electrons. The van der Waals surface area contributed by atoms with Crippen molar-refractivity contribution in [2.75, 3.05) is 18.6 Å². The van der Waals surface area contributed by atoms with E-state index in [1.54, 1.807) is 24.1 Å². The van der Waals surface area contributed by atoms with Gasteiger partial charge in [-0.05, 0) is 54.8 Å². The number of allylic oxidation sites excluding steroid dienone is 1. The number of hydrogen-bond acceptors (Lipinski definition) is 6. The van der Waals surface area contributed by atoms with E-state index in [0.29, 0.717) is 52.4 Å². The molecule has 0 fully saturated rings. The fourth-order valence-electron chi connectivity index (χ4n) is 4.67. The number of nitrogens with zero attached hydrogens (tertiary/aromatic N) is 3. The second-order valence-electron chi connectivity index (χ2n) is 10.5. The number of anilines is 1. The standard InChI is InChI=1S/C37H33Cl2N3O4/c1-4-25(2)22-42(29-17-15-28(16-18-29)35-34(44-3)21-40-37(39)41-35)36(43)30-19-31(38)33(46-24-27-13-9-6-10-14-27)20-32(30)45-23-26-11-7-5-8-12-26/h4-21H,22-24H2,1-3H3. The number of aromatic nitrogens is 2. The van der Waals surface area contributed by atoms with E-state index in [0.717, 1.165) is 22.3 Å². The summed E-state index contributed by atoms with van der Waals surface area (Å²) >= 11 is 12.8. The molecule has 0 N–H and O–H groups in total. The minimum atomic E-state index is -0.281. The first-order chi connectivity index (χ1) is 22.4. The summed E-state index contributed by atoms with van der Waals surface area (Å²) in [6.45, 7) is 4.83. The molecular formula is C37H33Cl2N3O4. The van der Waals surface area contributed by atoms with Crippen molar-refractivity contribution in [2.45, 2.75) is 27.1 Å². The molecule has 0 bridgehead atoms. The summed E-state index contributed by atoms with van der Waals surface area (Å²) < 4.78 is 17.8. The van der Waals surface area contributed by atoms with Crippen LogP contribution in [0.2, 0.25) is 10.3 Å².